The fourth-order valence-corrected chi connectivity index (χ4v) is 2.51. The van der Waals surface area contributed by atoms with Gasteiger partial charge in [0.25, 0.3) is 5.91 Å². The Morgan fingerprint density at radius 1 is 1.08 bits per heavy atom. The van der Waals surface area contributed by atoms with Crippen LogP contribution >= 0.6 is 0 Å². The van der Waals surface area contributed by atoms with E-state index in [0.29, 0.717) is 11.1 Å². The van der Waals surface area contributed by atoms with E-state index in [-0.39, 0.29) is 11.8 Å². The van der Waals surface area contributed by atoms with Crippen molar-refractivity contribution in [1.82, 2.24) is 5.32 Å². The number of carbonyl (C=O) groups excluding carboxylic acids is 1. The number of hydrogen-bond donors (Lipinski definition) is 2. The van der Waals surface area contributed by atoms with Crippen molar-refractivity contribution in [3.8, 4) is 6.07 Å². The Morgan fingerprint density at radius 3 is 2.12 bits per heavy atom. The zero-order chi connectivity index (χ0) is 19.3. The topological polar surface area (TPSA) is 90.2 Å². The average Bonchev–Trinajstić information content (AvgIpc) is 2.61. The Bertz CT molecular complexity index is 826. The third-order valence-corrected chi connectivity index (χ3v) is 4.14. The first kappa shape index (κ1) is 19.2. The molecule has 5 nitrogen and oxygen atoms in total. The summed E-state index contributed by atoms with van der Waals surface area (Å²) in [5, 5.41) is 20.8. The number of amides is 1. The molecule has 2 aromatic rings. The zero-order valence-corrected chi connectivity index (χ0v) is 15.1. The molecule has 5 heteroatoms. The third-order valence-electron chi connectivity index (χ3n) is 4.14. The van der Waals surface area contributed by atoms with Gasteiger partial charge in [-0.15, -0.1) is 0 Å². The van der Waals surface area contributed by atoms with Crippen LogP contribution in [0, 0.1) is 11.3 Å². The number of aliphatic carboxylic acids is 1. The first-order chi connectivity index (χ1) is 12.2. The summed E-state index contributed by atoms with van der Waals surface area (Å²) in [7, 11) is 0. The van der Waals surface area contributed by atoms with Crippen molar-refractivity contribution in [2.45, 2.75) is 38.6 Å². The second-order valence-corrected chi connectivity index (χ2v) is 7.20. The van der Waals surface area contributed by atoms with E-state index in [9.17, 15) is 14.7 Å². The normalized spacial score (nSPS) is 12.1. The maximum absolute atomic E-state index is 12.4. The first-order valence-corrected chi connectivity index (χ1v) is 8.34. The minimum absolute atomic E-state index is 0.0196. The molecular weight excluding hydrogens is 328 g/mol. The number of rotatable bonds is 5. The van der Waals surface area contributed by atoms with E-state index < -0.39 is 17.9 Å². The molecule has 0 aliphatic heterocycles. The molecule has 0 unspecified atom stereocenters. The summed E-state index contributed by atoms with van der Waals surface area (Å²) in [6, 6.07) is 14.8. The van der Waals surface area contributed by atoms with Gasteiger partial charge in [0.15, 0.2) is 0 Å². The van der Waals surface area contributed by atoms with E-state index in [1.807, 2.05) is 18.2 Å². The van der Waals surface area contributed by atoms with Crippen LogP contribution in [0.25, 0.3) is 0 Å². The average molecular weight is 350 g/mol. The summed E-state index contributed by atoms with van der Waals surface area (Å²) in [5.41, 5.74) is 2.74. The summed E-state index contributed by atoms with van der Waals surface area (Å²) in [5.74, 6) is -1.53. The monoisotopic (exact) mass is 350 g/mol. The van der Waals surface area contributed by atoms with Crippen molar-refractivity contribution >= 4 is 11.9 Å². The second-order valence-electron chi connectivity index (χ2n) is 7.20. The molecule has 26 heavy (non-hydrogen) atoms. The molecule has 0 fully saturated rings. The first-order valence-electron chi connectivity index (χ1n) is 8.34. The van der Waals surface area contributed by atoms with Crippen LogP contribution in [0.3, 0.4) is 0 Å². The second kappa shape index (κ2) is 7.83. The number of nitriles is 1. The summed E-state index contributed by atoms with van der Waals surface area (Å²) in [6.45, 7) is 6.25. The SMILES string of the molecule is CC(C)(C)c1ccc(C(=O)N[C@@H](Cc2ccc(C#N)cc2)C(=O)O)cc1. The Morgan fingerprint density at radius 2 is 1.65 bits per heavy atom. The number of hydrogen-bond acceptors (Lipinski definition) is 3. The molecule has 2 aromatic carbocycles. The minimum Gasteiger partial charge on any atom is -0.480 e. The lowest BCUT2D eigenvalue weighted by atomic mass is 9.86. The molecule has 1 amide bonds. The van der Waals surface area contributed by atoms with Crippen molar-refractivity contribution in [1.29, 1.82) is 5.26 Å². The molecule has 0 saturated carbocycles. The molecule has 0 heterocycles. The molecule has 0 aromatic heterocycles. The summed E-state index contributed by atoms with van der Waals surface area (Å²) in [4.78, 5) is 23.9. The predicted molar refractivity (Wildman–Crippen MR) is 98.9 cm³/mol. The number of benzene rings is 2. The van der Waals surface area contributed by atoms with Crippen LogP contribution in [0.1, 0.15) is 47.8 Å². The van der Waals surface area contributed by atoms with E-state index in [4.69, 9.17) is 5.26 Å². The maximum atomic E-state index is 12.4. The molecule has 0 aliphatic carbocycles. The summed E-state index contributed by atoms with van der Waals surface area (Å²) in [6.07, 6.45) is 0.146. The molecule has 2 N–H and O–H groups in total. The predicted octanol–water partition coefficient (Wildman–Crippen LogP) is 3.28. The molecule has 0 radical (unpaired) electrons. The number of nitrogens with one attached hydrogen (secondary N) is 1. The van der Waals surface area contributed by atoms with Crippen LogP contribution in [-0.2, 0) is 16.6 Å². The zero-order valence-electron chi connectivity index (χ0n) is 15.1. The van der Waals surface area contributed by atoms with Gasteiger partial charge in [0.05, 0.1) is 11.6 Å². The van der Waals surface area contributed by atoms with E-state index in [1.54, 1.807) is 36.4 Å². The number of carbonyl (C=O) groups is 2. The summed E-state index contributed by atoms with van der Waals surface area (Å²) < 4.78 is 0. The van der Waals surface area contributed by atoms with E-state index in [1.165, 1.54) is 0 Å². The number of nitrogens with zero attached hydrogens (tertiary/aromatic N) is 1. The van der Waals surface area contributed by atoms with Crippen molar-refractivity contribution in [3.05, 3.63) is 70.8 Å². The minimum atomic E-state index is -1.10. The molecule has 2 rings (SSSR count). The van der Waals surface area contributed by atoms with Gasteiger partial charge in [-0.05, 0) is 40.8 Å². The van der Waals surface area contributed by atoms with Crippen molar-refractivity contribution < 1.29 is 14.7 Å². The van der Waals surface area contributed by atoms with Gasteiger partial charge in [-0.3, -0.25) is 4.79 Å². The Kier molecular flexibility index (Phi) is 5.78. The van der Waals surface area contributed by atoms with Crippen LogP contribution in [0.15, 0.2) is 48.5 Å². The van der Waals surface area contributed by atoms with Crippen LogP contribution < -0.4 is 5.32 Å². The van der Waals surface area contributed by atoms with Crippen molar-refractivity contribution in [3.63, 3.8) is 0 Å². The van der Waals surface area contributed by atoms with Gasteiger partial charge >= 0.3 is 5.97 Å². The third kappa shape index (κ3) is 4.93. The van der Waals surface area contributed by atoms with Crippen LogP contribution in [0.5, 0.6) is 0 Å². The van der Waals surface area contributed by atoms with Crippen molar-refractivity contribution in [2.75, 3.05) is 0 Å². The lowest BCUT2D eigenvalue weighted by molar-refractivity contribution is -0.139. The van der Waals surface area contributed by atoms with Gasteiger partial charge in [-0.2, -0.15) is 5.26 Å². The largest absolute Gasteiger partial charge is 0.480 e. The Labute approximate surface area is 153 Å². The molecule has 0 aliphatic rings. The summed E-state index contributed by atoms with van der Waals surface area (Å²) >= 11 is 0. The molecular formula is C21H22N2O3. The fourth-order valence-electron chi connectivity index (χ4n) is 2.51. The number of carboxylic acid groups (broad SMARTS) is 1. The molecule has 134 valence electrons. The Balaban J connectivity index is 2.10. The van der Waals surface area contributed by atoms with Gasteiger partial charge in [0, 0.05) is 12.0 Å². The van der Waals surface area contributed by atoms with E-state index >= 15 is 0 Å². The van der Waals surface area contributed by atoms with Crippen LogP contribution in [0.2, 0.25) is 0 Å². The molecule has 0 saturated heterocycles. The van der Waals surface area contributed by atoms with Gasteiger partial charge in [0.1, 0.15) is 6.04 Å². The molecule has 0 spiro atoms. The smallest absolute Gasteiger partial charge is 0.326 e. The maximum Gasteiger partial charge on any atom is 0.326 e. The highest BCUT2D eigenvalue weighted by molar-refractivity contribution is 5.96. The van der Waals surface area contributed by atoms with Crippen LogP contribution in [-0.4, -0.2) is 23.0 Å². The highest BCUT2D eigenvalue weighted by Crippen LogP contribution is 2.22. The van der Waals surface area contributed by atoms with Gasteiger partial charge < -0.3 is 10.4 Å². The highest BCUT2D eigenvalue weighted by Gasteiger charge is 2.21. The lowest BCUT2D eigenvalue weighted by Crippen LogP contribution is -2.42. The fraction of sp³-hybridized carbons (Fsp3) is 0.286. The van der Waals surface area contributed by atoms with Gasteiger partial charge in [-0.1, -0.05) is 45.0 Å². The van der Waals surface area contributed by atoms with Crippen LogP contribution in [0.4, 0.5) is 0 Å². The lowest BCUT2D eigenvalue weighted by Gasteiger charge is -2.19. The van der Waals surface area contributed by atoms with Gasteiger partial charge in [-0.25, -0.2) is 4.79 Å². The number of carboxylic acids is 1. The molecule has 0 bridgehead atoms. The molecule has 1 atom stereocenters. The van der Waals surface area contributed by atoms with E-state index in [2.05, 4.69) is 26.1 Å². The van der Waals surface area contributed by atoms with E-state index in [0.717, 1.165) is 11.1 Å². The quantitative estimate of drug-likeness (QED) is 0.866. The van der Waals surface area contributed by atoms with Gasteiger partial charge in [0.2, 0.25) is 0 Å². The highest BCUT2D eigenvalue weighted by atomic mass is 16.4. The Hall–Kier alpha value is -3.13. The van der Waals surface area contributed by atoms with Crippen molar-refractivity contribution in [2.24, 2.45) is 0 Å². The standard InChI is InChI=1S/C21H22N2O3/c1-21(2,3)17-10-8-16(9-11-17)19(24)23-18(20(25)26)12-14-4-6-15(13-22)7-5-14/h4-11,18H,12H2,1-3H3,(H,23,24)(H,25,26)/t18-/m0/s1.